The van der Waals surface area contributed by atoms with Crippen molar-refractivity contribution in [3.05, 3.63) is 59.2 Å². The fraction of sp³-hybridized carbons (Fsp3) is 0.417. The Balaban J connectivity index is 1.33. The van der Waals surface area contributed by atoms with Gasteiger partial charge in [-0.15, -0.1) is 0 Å². The minimum Gasteiger partial charge on any atom is -0.497 e. The smallest absolute Gasteiger partial charge is 0.416 e. The lowest BCUT2D eigenvalue weighted by atomic mass is 10.0. The average Bonchev–Trinajstić information content (AvgIpc) is 2.82. The van der Waals surface area contributed by atoms with Crippen molar-refractivity contribution in [3.8, 4) is 5.75 Å². The topological polar surface area (TPSA) is 53.1 Å². The van der Waals surface area contributed by atoms with Gasteiger partial charge in [0.25, 0.3) is 5.91 Å². The molecule has 0 saturated carbocycles. The summed E-state index contributed by atoms with van der Waals surface area (Å²) in [6, 6.07) is 10.0. The van der Waals surface area contributed by atoms with Crippen LogP contribution in [0.1, 0.15) is 27.9 Å². The second-order valence-electron chi connectivity index (χ2n) is 8.29. The summed E-state index contributed by atoms with van der Waals surface area (Å²) in [5.41, 5.74) is 1.47. The molecule has 33 heavy (non-hydrogen) atoms. The first-order chi connectivity index (χ1) is 15.8. The molecule has 2 heterocycles. The number of carbonyl (C=O) groups is 2. The summed E-state index contributed by atoms with van der Waals surface area (Å²) in [7, 11) is 1.62. The molecule has 4 rings (SSSR count). The fourth-order valence-corrected chi connectivity index (χ4v) is 4.33. The molecule has 0 spiro atoms. The van der Waals surface area contributed by atoms with Gasteiger partial charge in [-0.1, -0.05) is 0 Å². The van der Waals surface area contributed by atoms with Crippen LogP contribution in [0.15, 0.2) is 42.5 Å². The first-order valence-corrected chi connectivity index (χ1v) is 10.9. The van der Waals surface area contributed by atoms with Gasteiger partial charge in [-0.3, -0.25) is 14.5 Å². The zero-order valence-corrected chi connectivity index (χ0v) is 18.4. The van der Waals surface area contributed by atoms with Gasteiger partial charge in [0.2, 0.25) is 5.91 Å². The molecule has 0 bridgehead atoms. The molecule has 6 nitrogen and oxygen atoms in total. The van der Waals surface area contributed by atoms with Crippen LogP contribution in [-0.2, 0) is 17.4 Å². The number of rotatable bonds is 4. The maximum Gasteiger partial charge on any atom is 0.416 e. The normalized spacial score (nSPS) is 17.0. The predicted molar refractivity (Wildman–Crippen MR) is 117 cm³/mol. The molecule has 2 aromatic rings. The number of ether oxygens (including phenoxy) is 1. The summed E-state index contributed by atoms with van der Waals surface area (Å²) >= 11 is 0. The van der Waals surface area contributed by atoms with Crippen molar-refractivity contribution in [2.24, 2.45) is 0 Å². The lowest BCUT2D eigenvalue weighted by molar-refractivity contribution is -0.137. The summed E-state index contributed by atoms with van der Waals surface area (Å²) in [5.74, 6) is 0.495. The van der Waals surface area contributed by atoms with E-state index in [-0.39, 0.29) is 23.9 Å². The van der Waals surface area contributed by atoms with E-state index in [1.54, 1.807) is 12.0 Å². The lowest BCUT2D eigenvalue weighted by Crippen LogP contribution is -2.52. The van der Waals surface area contributed by atoms with Gasteiger partial charge >= 0.3 is 6.18 Å². The molecule has 0 atom stereocenters. The van der Waals surface area contributed by atoms with Crippen molar-refractivity contribution in [3.63, 3.8) is 0 Å². The van der Waals surface area contributed by atoms with E-state index in [1.807, 2.05) is 28.0 Å². The summed E-state index contributed by atoms with van der Waals surface area (Å²) in [5, 5.41) is 0. The molecule has 176 valence electrons. The van der Waals surface area contributed by atoms with E-state index in [2.05, 4.69) is 0 Å². The van der Waals surface area contributed by atoms with E-state index in [0.29, 0.717) is 32.7 Å². The second kappa shape index (κ2) is 9.43. The number of hydrogen-bond acceptors (Lipinski definition) is 4. The third-order valence-electron chi connectivity index (χ3n) is 6.18. The third kappa shape index (κ3) is 5.13. The molecule has 1 saturated heterocycles. The number of benzene rings is 2. The average molecular weight is 461 g/mol. The molecule has 1 fully saturated rings. The lowest BCUT2D eigenvalue weighted by Gasteiger charge is -2.36. The molecule has 0 aromatic heterocycles. The van der Waals surface area contributed by atoms with Gasteiger partial charge < -0.3 is 14.5 Å². The van der Waals surface area contributed by atoms with E-state index in [0.717, 1.165) is 42.0 Å². The summed E-state index contributed by atoms with van der Waals surface area (Å²) < 4.78 is 43.5. The molecule has 2 aliphatic heterocycles. The van der Waals surface area contributed by atoms with Crippen molar-refractivity contribution in [2.75, 3.05) is 51.3 Å². The van der Waals surface area contributed by atoms with Crippen molar-refractivity contribution in [1.29, 1.82) is 0 Å². The van der Waals surface area contributed by atoms with Gasteiger partial charge in [0.15, 0.2) is 0 Å². The summed E-state index contributed by atoms with van der Waals surface area (Å²) in [6.45, 7) is 2.82. The highest BCUT2D eigenvalue weighted by atomic mass is 19.4. The number of halogens is 3. The fourth-order valence-electron chi connectivity index (χ4n) is 4.33. The Hall–Kier alpha value is -3.07. The SMILES string of the molecule is COc1ccc2c(c1)CCCN2C(=O)CN1CCN(C(=O)c2ccc(C(F)(F)F)cc2)CC1. The molecule has 0 unspecified atom stereocenters. The zero-order chi connectivity index (χ0) is 23.6. The highest BCUT2D eigenvalue weighted by Crippen LogP contribution is 2.31. The largest absolute Gasteiger partial charge is 0.497 e. The first kappa shape index (κ1) is 23.1. The number of amides is 2. The van der Waals surface area contributed by atoms with Crippen LogP contribution >= 0.6 is 0 Å². The van der Waals surface area contributed by atoms with Gasteiger partial charge in [0, 0.05) is 44.0 Å². The minimum atomic E-state index is -4.43. The monoisotopic (exact) mass is 461 g/mol. The third-order valence-corrected chi connectivity index (χ3v) is 6.18. The van der Waals surface area contributed by atoms with E-state index in [1.165, 1.54) is 12.1 Å². The Kier molecular flexibility index (Phi) is 6.60. The molecule has 0 N–H and O–H groups in total. The number of hydrogen-bond donors (Lipinski definition) is 0. The van der Waals surface area contributed by atoms with Crippen LogP contribution < -0.4 is 9.64 Å². The Labute approximate surface area is 190 Å². The number of alkyl halides is 3. The van der Waals surface area contributed by atoms with Gasteiger partial charge in [0.1, 0.15) is 5.75 Å². The Bertz CT molecular complexity index is 1020. The number of fused-ring (bicyclic) bond motifs is 1. The number of piperazine rings is 1. The van der Waals surface area contributed by atoms with Crippen LogP contribution in [0.2, 0.25) is 0 Å². The van der Waals surface area contributed by atoms with E-state index >= 15 is 0 Å². The van der Waals surface area contributed by atoms with Crippen molar-refractivity contribution >= 4 is 17.5 Å². The summed E-state index contributed by atoms with van der Waals surface area (Å²) in [6.07, 6.45) is -2.64. The van der Waals surface area contributed by atoms with Crippen molar-refractivity contribution < 1.29 is 27.5 Å². The maximum absolute atomic E-state index is 13.0. The highest BCUT2D eigenvalue weighted by molar-refractivity contribution is 5.96. The van der Waals surface area contributed by atoms with E-state index < -0.39 is 11.7 Å². The molecule has 2 aliphatic rings. The second-order valence-corrected chi connectivity index (χ2v) is 8.29. The Morgan fingerprint density at radius 1 is 0.970 bits per heavy atom. The van der Waals surface area contributed by atoms with Gasteiger partial charge in [-0.05, 0) is 60.9 Å². The van der Waals surface area contributed by atoms with Gasteiger partial charge in [-0.2, -0.15) is 13.2 Å². The molecule has 0 aliphatic carbocycles. The molecular formula is C24H26F3N3O3. The van der Waals surface area contributed by atoms with E-state index in [9.17, 15) is 22.8 Å². The molecular weight excluding hydrogens is 435 g/mol. The van der Waals surface area contributed by atoms with Crippen LogP contribution in [0.25, 0.3) is 0 Å². The van der Waals surface area contributed by atoms with Crippen LogP contribution in [0.5, 0.6) is 5.75 Å². The van der Waals surface area contributed by atoms with Crippen LogP contribution in [0.4, 0.5) is 18.9 Å². The molecule has 2 aromatic carbocycles. The van der Waals surface area contributed by atoms with Crippen molar-refractivity contribution in [1.82, 2.24) is 9.80 Å². The number of carbonyl (C=O) groups excluding carboxylic acids is 2. The minimum absolute atomic E-state index is 0.0173. The Morgan fingerprint density at radius 2 is 1.67 bits per heavy atom. The number of anilines is 1. The van der Waals surface area contributed by atoms with Gasteiger partial charge in [0.05, 0.1) is 19.2 Å². The Morgan fingerprint density at radius 3 is 2.30 bits per heavy atom. The standard InChI is InChI=1S/C24H26F3N3O3/c1-33-20-8-9-21-18(15-20)3-2-10-30(21)22(31)16-28-11-13-29(14-12-28)23(32)17-4-6-19(7-5-17)24(25,26)27/h4-9,15H,2-3,10-14,16H2,1H3. The summed E-state index contributed by atoms with van der Waals surface area (Å²) in [4.78, 5) is 31.1. The van der Waals surface area contributed by atoms with Crippen molar-refractivity contribution in [2.45, 2.75) is 19.0 Å². The maximum atomic E-state index is 13.0. The zero-order valence-electron chi connectivity index (χ0n) is 18.4. The number of methoxy groups -OCH3 is 1. The van der Waals surface area contributed by atoms with Crippen LogP contribution in [0.3, 0.4) is 0 Å². The number of nitrogens with zero attached hydrogens (tertiary/aromatic N) is 3. The molecule has 2 amide bonds. The van der Waals surface area contributed by atoms with Gasteiger partial charge in [-0.25, -0.2) is 0 Å². The van der Waals surface area contributed by atoms with E-state index in [4.69, 9.17) is 4.74 Å². The quantitative estimate of drug-likeness (QED) is 0.700. The molecule has 0 radical (unpaired) electrons. The predicted octanol–water partition coefficient (Wildman–Crippen LogP) is 3.45. The molecule has 9 heteroatoms. The van der Waals surface area contributed by atoms with Crippen LogP contribution in [0, 0.1) is 0 Å². The van der Waals surface area contributed by atoms with Crippen LogP contribution in [-0.4, -0.2) is 68.0 Å². The first-order valence-electron chi connectivity index (χ1n) is 10.9. The highest BCUT2D eigenvalue weighted by Gasteiger charge is 2.31. The number of aryl methyl sites for hydroxylation is 1.